The Kier molecular flexibility index (Phi) is 3.06. The van der Waals surface area contributed by atoms with Crippen molar-refractivity contribution < 1.29 is 9.18 Å². The summed E-state index contributed by atoms with van der Waals surface area (Å²) >= 11 is 1.25. The highest BCUT2D eigenvalue weighted by molar-refractivity contribution is 7.13. The summed E-state index contributed by atoms with van der Waals surface area (Å²) in [5.74, 6) is -0.684. The molecule has 1 aromatic heterocycles. The van der Waals surface area contributed by atoms with Crippen molar-refractivity contribution in [3.8, 4) is 11.3 Å². The van der Waals surface area contributed by atoms with Gasteiger partial charge in [-0.2, -0.15) is 0 Å². The second kappa shape index (κ2) is 4.50. The molecule has 1 heterocycles. The predicted octanol–water partition coefficient (Wildman–Crippen LogP) is 2.49. The number of carbonyl (C=O) groups excluding carboxylic acids is 1. The monoisotopic (exact) mass is 251 g/mol. The van der Waals surface area contributed by atoms with E-state index in [1.165, 1.54) is 24.3 Å². The van der Waals surface area contributed by atoms with Crippen molar-refractivity contribution in [2.75, 3.05) is 11.1 Å². The van der Waals surface area contributed by atoms with Gasteiger partial charge in [0.15, 0.2) is 5.13 Å². The average Bonchev–Trinajstić information content (AvgIpc) is 2.64. The maximum Gasteiger partial charge on any atom is 0.221 e. The van der Waals surface area contributed by atoms with E-state index in [1.54, 1.807) is 17.5 Å². The van der Waals surface area contributed by atoms with Crippen molar-refractivity contribution in [1.29, 1.82) is 0 Å². The van der Waals surface area contributed by atoms with E-state index in [4.69, 9.17) is 5.73 Å². The number of nitrogens with zero attached hydrogens (tertiary/aromatic N) is 1. The molecule has 2 rings (SSSR count). The van der Waals surface area contributed by atoms with E-state index in [9.17, 15) is 9.18 Å². The van der Waals surface area contributed by atoms with E-state index < -0.39 is 5.82 Å². The van der Waals surface area contributed by atoms with Crippen molar-refractivity contribution in [2.24, 2.45) is 0 Å². The number of nitrogens with two attached hydrogens (primary N) is 1. The number of aromatic nitrogens is 1. The number of hydrogen-bond donors (Lipinski definition) is 2. The topological polar surface area (TPSA) is 68.0 Å². The second-order valence-electron chi connectivity index (χ2n) is 3.45. The molecule has 4 nitrogen and oxygen atoms in total. The minimum absolute atomic E-state index is 0.241. The van der Waals surface area contributed by atoms with Gasteiger partial charge in [0.05, 0.1) is 5.69 Å². The summed E-state index contributed by atoms with van der Waals surface area (Å²) in [6.07, 6.45) is 0. The van der Waals surface area contributed by atoms with Gasteiger partial charge in [0.2, 0.25) is 5.91 Å². The van der Waals surface area contributed by atoms with Gasteiger partial charge in [-0.3, -0.25) is 4.79 Å². The first-order valence-electron chi connectivity index (χ1n) is 4.85. The fourth-order valence-electron chi connectivity index (χ4n) is 1.42. The number of hydrogen-bond acceptors (Lipinski definition) is 4. The Balaban J connectivity index is 2.34. The zero-order valence-corrected chi connectivity index (χ0v) is 9.84. The molecule has 0 spiro atoms. The molecule has 17 heavy (non-hydrogen) atoms. The predicted molar refractivity (Wildman–Crippen MR) is 66.2 cm³/mol. The zero-order valence-electron chi connectivity index (χ0n) is 9.03. The Morgan fingerprint density at radius 2 is 2.29 bits per heavy atom. The highest BCUT2D eigenvalue weighted by Crippen LogP contribution is 2.27. The molecule has 0 aliphatic rings. The van der Waals surface area contributed by atoms with Gasteiger partial charge in [-0.1, -0.05) is 0 Å². The maximum absolute atomic E-state index is 13.8. The van der Waals surface area contributed by atoms with Gasteiger partial charge in [0.1, 0.15) is 5.82 Å². The van der Waals surface area contributed by atoms with Crippen LogP contribution in [-0.4, -0.2) is 10.9 Å². The molecule has 1 amide bonds. The Morgan fingerprint density at radius 1 is 1.53 bits per heavy atom. The van der Waals surface area contributed by atoms with Gasteiger partial charge in [0, 0.05) is 23.6 Å². The van der Waals surface area contributed by atoms with Crippen LogP contribution in [0.3, 0.4) is 0 Å². The lowest BCUT2D eigenvalue weighted by atomic mass is 10.1. The molecule has 0 saturated carbocycles. The third kappa shape index (κ3) is 2.59. The van der Waals surface area contributed by atoms with E-state index in [-0.39, 0.29) is 5.91 Å². The van der Waals surface area contributed by atoms with Gasteiger partial charge < -0.3 is 11.1 Å². The van der Waals surface area contributed by atoms with Crippen LogP contribution in [0.25, 0.3) is 11.3 Å². The largest absolute Gasteiger partial charge is 0.375 e. The number of thiazole rings is 1. The number of halogens is 1. The number of anilines is 2. The summed E-state index contributed by atoms with van der Waals surface area (Å²) in [6, 6.07) is 4.44. The lowest BCUT2D eigenvalue weighted by Gasteiger charge is -2.04. The molecule has 0 bridgehead atoms. The van der Waals surface area contributed by atoms with Crippen molar-refractivity contribution in [2.45, 2.75) is 6.92 Å². The molecule has 0 saturated heterocycles. The summed E-state index contributed by atoms with van der Waals surface area (Å²) < 4.78 is 13.8. The normalized spacial score (nSPS) is 10.2. The smallest absolute Gasteiger partial charge is 0.221 e. The minimum atomic E-state index is -0.443. The molecular formula is C11H10FN3OS. The number of carbonyl (C=O) groups is 1. The lowest BCUT2D eigenvalue weighted by Crippen LogP contribution is -2.05. The first-order chi connectivity index (χ1) is 8.06. The van der Waals surface area contributed by atoms with E-state index in [1.807, 2.05) is 0 Å². The summed E-state index contributed by atoms with van der Waals surface area (Å²) in [4.78, 5) is 14.8. The molecular weight excluding hydrogens is 241 g/mol. The van der Waals surface area contributed by atoms with Crippen LogP contribution in [0, 0.1) is 5.82 Å². The van der Waals surface area contributed by atoms with Crippen LogP contribution in [0.4, 0.5) is 15.2 Å². The summed E-state index contributed by atoms with van der Waals surface area (Å²) in [5, 5.41) is 4.59. The quantitative estimate of drug-likeness (QED) is 0.861. The fourth-order valence-corrected chi connectivity index (χ4v) is 1.98. The number of nitrogens with one attached hydrogen (secondary N) is 1. The van der Waals surface area contributed by atoms with Crippen LogP contribution < -0.4 is 11.1 Å². The third-order valence-corrected chi connectivity index (χ3v) is 2.76. The van der Waals surface area contributed by atoms with Crippen molar-refractivity contribution in [3.63, 3.8) is 0 Å². The van der Waals surface area contributed by atoms with E-state index in [0.717, 1.165) is 0 Å². The zero-order chi connectivity index (χ0) is 12.4. The molecule has 0 radical (unpaired) electrons. The Hall–Kier alpha value is -1.95. The molecule has 0 unspecified atom stereocenters. The number of benzene rings is 1. The number of nitrogen functional groups attached to an aromatic ring is 1. The van der Waals surface area contributed by atoms with Crippen LogP contribution in [-0.2, 0) is 4.79 Å². The van der Waals surface area contributed by atoms with Gasteiger partial charge in [0.25, 0.3) is 0 Å². The average molecular weight is 251 g/mol. The highest BCUT2D eigenvalue weighted by atomic mass is 32.1. The SMILES string of the molecule is CC(=O)Nc1ccc(-c2csc(N)n2)c(F)c1. The molecule has 3 N–H and O–H groups in total. The van der Waals surface area contributed by atoms with Crippen LogP contribution in [0.5, 0.6) is 0 Å². The molecule has 0 fully saturated rings. The van der Waals surface area contributed by atoms with Crippen molar-refractivity contribution in [1.82, 2.24) is 4.98 Å². The molecule has 1 aromatic carbocycles. The molecule has 6 heteroatoms. The van der Waals surface area contributed by atoms with E-state index >= 15 is 0 Å². The van der Waals surface area contributed by atoms with Crippen LogP contribution in [0.1, 0.15) is 6.92 Å². The fraction of sp³-hybridized carbons (Fsp3) is 0.0909. The Bertz CT molecular complexity index is 568. The van der Waals surface area contributed by atoms with Gasteiger partial charge in [-0.15, -0.1) is 11.3 Å². The Labute approximate surface area is 101 Å². The highest BCUT2D eigenvalue weighted by Gasteiger charge is 2.09. The van der Waals surface area contributed by atoms with Gasteiger partial charge >= 0.3 is 0 Å². The first-order valence-corrected chi connectivity index (χ1v) is 5.73. The molecule has 2 aromatic rings. The maximum atomic E-state index is 13.8. The molecule has 0 aliphatic heterocycles. The lowest BCUT2D eigenvalue weighted by molar-refractivity contribution is -0.114. The van der Waals surface area contributed by atoms with Crippen molar-refractivity contribution in [3.05, 3.63) is 29.4 Å². The van der Waals surface area contributed by atoms with E-state index in [2.05, 4.69) is 10.3 Å². The molecule has 0 atom stereocenters. The summed E-state index contributed by atoms with van der Waals surface area (Å²) in [5.41, 5.74) is 6.78. The van der Waals surface area contributed by atoms with Crippen molar-refractivity contribution >= 4 is 28.1 Å². The van der Waals surface area contributed by atoms with Crippen LogP contribution in [0.2, 0.25) is 0 Å². The molecule has 0 aliphatic carbocycles. The molecule has 88 valence electrons. The summed E-state index contributed by atoms with van der Waals surface area (Å²) in [7, 11) is 0. The summed E-state index contributed by atoms with van der Waals surface area (Å²) in [6.45, 7) is 1.37. The number of amides is 1. The van der Waals surface area contributed by atoms with Gasteiger partial charge in [-0.05, 0) is 18.2 Å². The van der Waals surface area contributed by atoms with Crippen LogP contribution >= 0.6 is 11.3 Å². The second-order valence-corrected chi connectivity index (χ2v) is 4.34. The first kappa shape index (κ1) is 11.5. The third-order valence-electron chi connectivity index (χ3n) is 2.09. The Morgan fingerprint density at radius 3 is 2.82 bits per heavy atom. The standard InChI is InChI=1S/C11H10FN3OS/c1-6(16)14-7-2-3-8(9(12)4-7)10-5-17-11(13)15-10/h2-5H,1H3,(H2,13,15)(H,14,16). The van der Waals surface area contributed by atoms with Crippen LogP contribution in [0.15, 0.2) is 23.6 Å². The van der Waals surface area contributed by atoms with E-state index in [0.29, 0.717) is 22.1 Å². The van der Waals surface area contributed by atoms with Gasteiger partial charge in [-0.25, -0.2) is 9.37 Å². The number of rotatable bonds is 2. The minimum Gasteiger partial charge on any atom is -0.375 e.